The van der Waals surface area contributed by atoms with Gasteiger partial charge in [0.15, 0.2) is 0 Å². The van der Waals surface area contributed by atoms with Gasteiger partial charge in [0.2, 0.25) is 5.91 Å². The molecule has 1 fully saturated rings. The van der Waals surface area contributed by atoms with Crippen LogP contribution in [0.4, 0.5) is 0 Å². The van der Waals surface area contributed by atoms with Crippen molar-refractivity contribution in [3.05, 3.63) is 36.4 Å². The highest BCUT2D eigenvalue weighted by atomic mass is 16.2. The van der Waals surface area contributed by atoms with Gasteiger partial charge in [-0.05, 0) is 18.6 Å². The van der Waals surface area contributed by atoms with Crippen LogP contribution in [0.2, 0.25) is 0 Å². The Kier molecular flexibility index (Phi) is 3.19. The maximum Gasteiger partial charge on any atom is 0.236 e. The van der Waals surface area contributed by atoms with E-state index in [-0.39, 0.29) is 18.2 Å². The van der Waals surface area contributed by atoms with Gasteiger partial charge in [-0.3, -0.25) is 9.78 Å². The van der Waals surface area contributed by atoms with Crippen molar-refractivity contribution in [1.82, 2.24) is 19.9 Å². The number of pyridine rings is 2. The number of hydrogen-bond acceptors (Lipinski definition) is 4. The van der Waals surface area contributed by atoms with Gasteiger partial charge in [0.25, 0.3) is 0 Å². The lowest BCUT2D eigenvalue weighted by Gasteiger charge is -2.16. The van der Waals surface area contributed by atoms with Crippen LogP contribution in [0.15, 0.2) is 30.7 Å². The molecule has 114 valence electrons. The zero-order valence-electron chi connectivity index (χ0n) is 12.5. The number of amides is 1. The van der Waals surface area contributed by atoms with Crippen molar-refractivity contribution in [3.63, 3.8) is 0 Å². The van der Waals surface area contributed by atoms with Crippen LogP contribution in [0.25, 0.3) is 21.8 Å². The topological polar surface area (TPSA) is 85.7 Å². The van der Waals surface area contributed by atoms with Crippen molar-refractivity contribution >= 4 is 27.7 Å². The molecule has 1 aliphatic rings. The number of aromatic amines is 1. The van der Waals surface area contributed by atoms with Gasteiger partial charge in [0, 0.05) is 53.8 Å². The number of fused-ring (bicyclic) bond motifs is 3. The Morgan fingerprint density at radius 2 is 2.35 bits per heavy atom. The monoisotopic (exact) mass is 305 g/mol. The highest BCUT2D eigenvalue weighted by Gasteiger charge is 2.29. The molecule has 4 heterocycles. The zero-order valence-corrected chi connectivity index (χ0v) is 12.5. The van der Waals surface area contributed by atoms with Gasteiger partial charge >= 0.3 is 0 Å². The molecule has 4 rings (SSSR count). The van der Waals surface area contributed by atoms with E-state index in [1.165, 1.54) is 0 Å². The first-order valence-electron chi connectivity index (χ1n) is 7.63. The van der Waals surface area contributed by atoms with E-state index < -0.39 is 0 Å². The molecular formula is C17H15N5O. The summed E-state index contributed by atoms with van der Waals surface area (Å²) in [5, 5.41) is 11.9. The minimum atomic E-state index is -0.0938. The molecule has 6 heteroatoms. The lowest BCUT2D eigenvalue weighted by Crippen LogP contribution is -2.27. The summed E-state index contributed by atoms with van der Waals surface area (Å²) in [6.07, 6.45) is 6.36. The van der Waals surface area contributed by atoms with Crippen LogP contribution in [0.5, 0.6) is 0 Å². The lowest BCUT2D eigenvalue weighted by molar-refractivity contribution is -0.129. The van der Waals surface area contributed by atoms with Gasteiger partial charge in [-0.2, -0.15) is 5.26 Å². The highest BCUT2D eigenvalue weighted by Crippen LogP contribution is 2.34. The van der Waals surface area contributed by atoms with Crippen LogP contribution in [0.3, 0.4) is 0 Å². The largest absolute Gasteiger partial charge is 0.346 e. The molecule has 1 N–H and O–H groups in total. The summed E-state index contributed by atoms with van der Waals surface area (Å²) in [6, 6.07) is 5.91. The summed E-state index contributed by atoms with van der Waals surface area (Å²) in [6.45, 7) is 1.31. The Morgan fingerprint density at radius 1 is 1.43 bits per heavy atom. The Balaban J connectivity index is 1.76. The Morgan fingerprint density at radius 3 is 3.22 bits per heavy atom. The molecule has 0 bridgehead atoms. The third-order valence-electron chi connectivity index (χ3n) is 4.50. The predicted molar refractivity (Wildman–Crippen MR) is 85.6 cm³/mol. The van der Waals surface area contributed by atoms with E-state index >= 15 is 0 Å². The molecule has 1 saturated heterocycles. The fourth-order valence-electron chi connectivity index (χ4n) is 3.40. The average Bonchev–Trinajstić information content (AvgIpc) is 3.23. The second-order valence-electron chi connectivity index (χ2n) is 5.82. The van der Waals surface area contributed by atoms with Gasteiger partial charge in [0.05, 0.1) is 11.8 Å². The van der Waals surface area contributed by atoms with Crippen molar-refractivity contribution in [2.24, 2.45) is 0 Å². The Bertz CT molecular complexity index is 939. The quantitative estimate of drug-likeness (QED) is 0.787. The van der Waals surface area contributed by atoms with Crippen molar-refractivity contribution in [3.8, 4) is 6.07 Å². The van der Waals surface area contributed by atoms with E-state index in [2.05, 4.69) is 15.0 Å². The van der Waals surface area contributed by atoms with Gasteiger partial charge in [-0.25, -0.2) is 4.98 Å². The predicted octanol–water partition coefficient (Wildman–Crippen LogP) is 2.34. The molecule has 0 spiro atoms. The number of rotatable bonds is 2. The summed E-state index contributed by atoms with van der Waals surface area (Å²) in [5.41, 5.74) is 1.86. The van der Waals surface area contributed by atoms with E-state index in [0.29, 0.717) is 13.1 Å². The molecule has 0 saturated carbocycles. The Labute approximate surface area is 132 Å². The molecule has 1 unspecified atom stereocenters. The molecule has 6 nitrogen and oxygen atoms in total. The number of nitrogens with one attached hydrogen (secondary N) is 1. The molecule has 3 aromatic heterocycles. The third-order valence-corrected chi connectivity index (χ3v) is 4.50. The fourth-order valence-corrected chi connectivity index (χ4v) is 3.40. The Hall–Kier alpha value is -2.94. The number of carbonyl (C=O) groups is 1. The number of nitrogens with zero attached hydrogens (tertiary/aromatic N) is 4. The van der Waals surface area contributed by atoms with Crippen molar-refractivity contribution in [2.75, 3.05) is 13.1 Å². The minimum Gasteiger partial charge on any atom is -0.346 e. The zero-order chi connectivity index (χ0) is 15.8. The van der Waals surface area contributed by atoms with Gasteiger partial charge in [0.1, 0.15) is 12.1 Å². The van der Waals surface area contributed by atoms with Crippen LogP contribution < -0.4 is 0 Å². The number of aromatic nitrogens is 3. The van der Waals surface area contributed by atoms with Gasteiger partial charge in [-0.1, -0.05) is 0 Å². The van der Waals surface area contributed by atoms with Crippen LogP contribution in [-0.4, -0.2) is 38.8 Å². The third kappa shape index (κ3) is 2.21. The highest BCUT2D eigenvalue weighted by molar-refractivity contribution is 6.06. The van der Waals surface area contributed by atoms with Gasteiger partial charge < -0.3 is 9.88 Å². The van der Waals surface area contributed by atoms with E-state index in [1.807, 2.05) is 30.6 Å². The van der Waals surface area contributed by atoms with Crippen LogP contribution in [-0.2, 0) is 4.79 Å². The first-order chi connectivity index (χ1) is 11.3. The number of carbonyl (C=O) groups excluding carboxylic acids is 1. The summed E-state index contributed by atoms with van der Waals surface area (Å²) < 4.78 is 0. The van der Waals surface area contributed by atoms with E-state index in [4.69, 9.17) is 5.26 Å². The normalized spacial score (nSPS) is 17.7. The molecule has 0 radical (unpaired) electrons. The van der Waals surface area contributed by atoms with E-state index in [9.17, 15) is 4.79 Å². The lowest BCUT2D eigenvalue weighted by atomic mass is 9.97. The summed E-state index contributed by atoms with van der Waals surface area (Å²) >= 11 is 0. The van der Waals surface area contributed by atoms with Crippen LogP contribution in [0, 0.1) is 11.3 Å². The number of nitriles is 1. The first kappa shape index (κ1) is 13.7. The van der Waals surface area contributed by atoms with Crippen molar-refractivity contribution in [2.45, 2.75) is 18.8 Å². The SMILES string of the molecule is N#CCC(=O)N1CCC(c2nccc3cnc4[nH]ccc4c23)C1. The number of hydrogen-bond donors (Lipinski definition) is 1. The fraction of sp³-hybridized carbons (Fsp3) is 0.294. The molecule has 1 atom stereocenters. The van der Waals surface area contributed by atoms with Gasteiger partial charge in [-0.15, -0.1) is 0 Å². The van der Waals surface area contributed by atoms with Crippen LogP contribution >= 0.6 is 0 Å². The second-order valence-corrected chi connectivity index (χ2v) is 5.82. The smallest absolute Gasteiger partial charge is 0.236 e. The molecule has 1 aliphatic heterocycles. The van der Waals surface area contributed by atoms with Crippen molar-refractivity contribution < 1.29 is 4.79 Å². The minimum absolute atomic E-state index is 0.0539. The number of H-pyrrole nitrogens is 1. The molecule has 3 aromatic rings. The van der Waals surface area contributed by atoms with E-state index in [1.54, 1.807) is 11.1 Å². The van der Waals surface area contributed by atoms with E-state index in [0.717, 1.165) is 33.9 Å². The summed E-state index contributed by atoms with van der Waals surface area (Å²) in [7, 11) is 0. The molecule has 23 heavy (non-hydrogen) atoms. The second kappa shape index (κ2) is 5.36. The molecule has 0 aromatic carbocycles. The number of likely N-dealkylation sites (tertiary alicyclic amines) is 1. The summed E-state index contributed by atoms with van der Waals surface area (Å²) in [4.78, 5) is 25.9. The average molecular weight is 305 g/mol. The standard InChI is InChI=1S/C17H15N5O/c18-5-1-14(23)22-8-4-12(10-22)16-15-11(2-6-19-16)9-21-17-13(15)3-7-20-17/h2-3,6-7,9,12H,1,4,8,10H2,(H,20,21). The molecule has 1 amide bonds. The molecule has 0 aliphatic carbocycles. The van der Waals surface area contributed by atoms with Crippen molar-refractivity contribution in [1.29, 1.82) is 5.26 Å². The molecular weight excluding hydrogens is 290 g/mol. The maximum atomic E-state index is 11.9. The van der Waals surface area contributed by atoms with Crippen LogP contribution in [0.1, 0.15) is 24.5 Å². The maximum absolute atomic E-state index is 11.9. The summed E-state index contributed by atoms with van der Waals surface area (Å²) in [5.74, 6) is 0.102. The first-order valence-corrected chi connectivity index (χ1v) is 7.63.